The van der Waals surface area contributed by atoms with Crippen LogP contribution in [0.5, 0.6) is 11.5 Å². The van der Waals surface area contributed by atoms with Crippen LogP contribution in [0.4, 0.5) is 0 Å². The van der Waals surface area contributed by atoms with E-state index in [1.165, 1.54) is 17.3 Å². The lowest BCUT2D eigenvalue weighted by Crippen LogP contribution is -2.30. The normalized spacial score (nSPS) is 19.9. The molecule has 0 aromatic heterocycles. The third-order valence-electron chi connectivity index (χ3n) is 4.87. The summed E-state index contributed by atoms with van der Waals surface area (Å²) in [6, 6.07) is 14.0. The highest BCUT2D eigenvalue weighted by molar-refractivity contribution is 8.26. The maximum absolute atomic E-state index is 12.8. The van der Waals surface area contributed by atoms with Crippen molar-refractivity contribution < 1.29 is 14.3 Å². The van der Waals surface area contributed by atoms with E-state index in [-0.39, 0.29) is 12.0 Å². The van der Waals surface area contributed by atoms with Crippen LogP contribution in [0, 0.1) is 0 Å². The van der Waals surface area contributed by atoms with E-state index in [4.69, 9.17) is 21.7 Å². The Labute approximate surface area is 174 Å². The molecule has 2 aromatic carbocycles. The number of carbonyl (C=O) groups is 1. The number of hydrogen-bond donors (Lipinski definition) is 0. The van der Waals surface area contributed by atoms with Gasteiger partial charge >= 0.3 is 0 Å². The maximum Gasteiger partial charge on any atom is 0.266 e. The molecule has 1 atom stereocenters. The first-order valence-electron chi connectivity index (χ1n) is 9.21. The molecule has 0 saturated carbocycles. The lowest BCUT2D eigenvalue weighted by Gasteiger charge is -2.14. The number of nitrogens with zero attached hydrogens (tertiary/aromatic N) is 1. The van der Waals surface area contributed by atoms with Crippen molar-refractivity contribution in [1.29, 1.82) is 0 Å². The van der Waals surface area contributed by atoms with E-state index >= 15 is 0 Å². The van der Waals surface area contributed by atoms with Gasteiger partial charge in [-0.15, -0.1) is 0 Å². The standard InChI is InChI=1S/C22H21NO3S2/c1-14-11-17-12-16(5-8-19(17)26-14)13-20-21(24)23(22(27)28-20)10-9-15-3-6-18(25-2)7-4-15/h3-8,12-14H,9-11H2,1-2H3/b20-13+/t14-/m0/s1. The average molecular weight is 412 g/mol. The van der Waals surface area contributed by atoms with Gasteiger partial charge in [0.25, 0.3) is 5.91 Å². The van der Waals surface area contributed by atoms with Gasteiger partial charge in [0, 0.05) is 13.0 Å². The van der Waals surface area contributed by atoms with Crippen molar-refractivity contribution in [3.63, 3.8) is 0 Å². The number of rotatable bonds is 5. The fraction of sp³-hybridized carbons (Fsp3) is 0.273. The van der Waals surface area contributed by atoms with E-state index in [9.17, 15) is 4.79 Å². The number of thioether (sulfide) groups is 1. The van der Waals surface area contributed by atoms with Gasteiger partial charge < -0.3 is 9.47 Å². The van der Waals surface area contributed by atoms with Gasteiger partial charge in [-0.2, -0.15) is 0 Å². The quantitative estimate of drug-likeness (QED) is 0.536. The summed E-state index contributed by atoms with van der Waals surface area (Å²) in [7, 11) is 1.65. The van der Waals surface area contributed by atoms with Crippen molar-refractivity contribution in [1.82, 2.24) is 4.90 Å². The highest BCUT2D eigenvalue weighted by Crippen LogP contribution is 2.35. The molecule has 4 nitrogen and oxygen atoms in total. The summed E-state index contributed by atoms with van der Waals surface area (Å²) in [5.41, 5.74) is 3.34. The molecule has 0 N–H and O–H groups in total. The van der Waals surface area contributed by atoms with Crippen molar-refractivity contribution in [2.24, 2.45) is 0 Å². The van der Waals surface area contributed by atoms with Crippen molar-refractivity contribution >= 4 is 40.3 Å². The molecule has 6 heteroatoms. The molecule has 0 aliphatic carbocycles. The zero-order chi connectivity index (χ0) is 19.7. The SMILES string of the molecule is COc1ccc(CCN2C(=O)/C(=C\c3ccc4c(c3)C[C@H](C)O4)SC2=S)cc1. The fourth-order valence-corrected chi connectivity index (χ4v) is 4.72. The van der Waals surface area contributed by atoms with Gasteiger partial charge in [-0.1, -0.05) is 42.2 Å². The van der Waals surface area contributed by atoms with Crippen LogP contribution in [-0.4, -0.2) is 34.9 Å². The maximum atomic E-state index is 12.8. The summed E-state index contributed by atoms with van der Waals surface area (Å²) < 4.78 is 11.5. The number of thiocarbonyl (C=S) groups is 1. The Bertz CT molecular complexity index is 953. The average Bonchev–Trinajstić information content (AvgIpc) is 3.19. The van der Waals surface area contributed by atoms with Crippen LogP contribution >= 0.6 is 24.0 Å². The van der Waals surface area contributed by atoms with Gasteiger partial charge in [0.2, 0.25) is 0 Å². The van der Waals surface area contributed by atoms with E-state index in [1.54, 1.807) is 12.0 Å². The summed E-state index contributed by atoms with van der Waals surface area (Å²) >= 11 is 6.82. The van der Waals surface area contributed by atoms with Gasteiger partial charge in [-0.3, -0.25) is 9.69 Å². The van der Waals surface area contributed by atoms with Gasteiger partial charge in [0.1, 0.15) is 21.9 Å². The lowest BCUT2D eigenvalue weighted by molar-refractivity contribution is -0.122. The first-order valence-corrected chi connectivity index (χ1v) is 10.4. The molecule has 2 aromatic rings. The number of fused-ring (bicyclic) bond motifs is 1. The first kappa shape index (κ1) is 19.0. The minimum absolute atomic E-state index is 0.0198. The molecule has 144 valence electrons. The summed E-state index contributed by atoms with van der Waals surface area (Å²) in [6.45, 7) is 2.64. The second-order valence-electron chi connectivity index (χ2n) is 6.93. The van der Waals surface area contributed by atoms with E-state index in [0.29, 0.717) is 15.8 Å². The highest BCUT2D eigenvalue weighted by atomic mass is 32.2. The smallest absolute Gasteiger partial charge is 0.266 e. The Morgan fingerprint density at radius 2 is 2.07 bits per heavy atom. The molecule has 28 heavy (non-hydrogen) atoms. The Hall–Kier alpha value is -2.31. The van der Waals surface area contributed by atoms with Crippen LogP contribution in [0.15, 0.2) is 47.4 Å². The van der Waals surface area contributed by atoms with Crippen LogP contribution in [0.2, 0.25) is 0 Å². The molecule has 1 fully saturated rings. The van der Waals surface area contributed by atoms with Gasteiger partial charge in [-0.05, 0) is 60.4 Å². The first-order chi connectivity index (χ1) is 13.5. The van der Waals surface area contributed by atoms with Crippen molar-refractivity contribution in [3.8, 4) is 11.5 Å². The molecule has 2 heterocycles. The van der Waals surface area contributed by atoms with Crippen LogP contribution in [0.25, 0.3) is 6.08 Å². The fourth-order valence-electron chi connectivity index (χ4n) is 3.41. The highest BCUT2D eigenvalue weighted by Gasteiger charge is 2.31. The Morgan fingerprint density at radius 1 is 1.29 bits per heavy atom. The minimum atomic E-state index is -0.0198. The minimum Gasteiger partial charge on any atom is -0.497 e. The van der Waals surface area contributed by atoms with Crippen molar-refractivity contribution in [3.05, 3.63) is 64.1 Å². The van der Waals surface area contributed by atoms with Crippen LogP contribution in [-0.2, 0) is 17.6 Å². The van der Waals surface area contributed by atoms with Gasteiger partial charge in [0.15, 0.2) is 0 Å². The molecule has 2 aliphatic rings. The predicted octanol–water partition coefficient (Wildman–Crippen LogP) is 4.46. The summed E-state index contributed by atoms with van der Waals surface area (Å²) in [6.07, 6.45) is 3.79. The molecule has 0 unspecified atom stereocenters. The van der Waals surface area contributed by atoms with E-state index < -0.39 is 0 Å². The van der Waals surface area contributed by atoms with Crippen LogP contribution in [0.3, 0.4) is 0 Å². The number of amides is 1. The monoisotopic (exact) mass is 411 g/mol. The molecule has 1 saturated heterocycles. The van der Waals surface area contributed by atoms with E-state index in [1.807, 2.05) is 42.5 Å². The summed E-state index contributed by atoms with van der Waals surface area (Å²) in [5, 5.41) is 0. The van der Waals surface area contributed by atoms with Crippen molar-refractivity contribution in [2.75, 3.05) is 13.7 Å². The largest absolute Gasteiger partial charge is 0.497 e. The molecular weight excluding hydrogens is 390 g/mol. The number of carbonyl (C=O) groups excluding carboxylic acids is 1. The van der Waals surface area contributed by atoms with Crippen LogP contribution < -0.4 is 9.47 Å². The number of methoxy groups -OCH3 is 1. The molecular formula is C22H21NO3S2. The number of benzene rings is 2. The Kier molecular flexibility index (Phi) is 5.42. The summed E-state index contributed by atoms with van der Waals surface area (Å²) in [4.78, 5) is 15.2. The third kappa shape index (κ3) is 3.93. The Morgan fingerprint density at radius 3 is 2.82 bits per heavy atom. The molecule has 1 amide bonds. The summed E-state index contributed by atoms with van der Waals surface area (Å²) in [5.74, 6) is 1.75. The van der Waals surface area contributed by atoms with Gasteiger partial charge in [0.05, 0.1) is 12.0 Å². The van der Waals surface area contributed by atoms with E-state index in [0.717, 1.165) is 35.5 Å². The molecule has 4 rings (SSSR count). The van der Waals surface area contributed by atoms with Crippen LogP contribution in [0.1, 0.15) is 23.6 Å². The predicted molar refractivity (Wildman–Crippen MR) is 117 cm³/mol. The molecule has 0 spiro atoms. The zero-order valence-corrected chi connectivity index (χ0v) is 17.4. The molecule has 0 radical (unpaired) electrons. The third-order valence-corrected chi connectivity index (χ3v) is 6.25. The van der Waals surface area contributed by atoms with Crippen molar-refractivity contribution in [2.45, 2.75) is 25.9 Å². The second-order valence-corrected chi connectivity index (χ2v) is 8.61. The van der Waals surface area contributed by atoms with E-state index in [2.05, 4.69) is 13.0 Å². The lowest BCUT2D eigenvalue weighted by atomic mass is 10.1. The zero-order valence-electron chi connectivity index (χ0n) is 15.8. The Balaban J connectivity index is 1.44. The molecule has 0 bridgehead atoms. The number of hydrogen-bond acceptors (Lipinski definition) is 5. The second kappa shape index (κ2) is 7.97. The topological polar surface area (TPSA) is 38.8 Å². The van der Waals surface area contributed by atoms with Gasteiger partial charge in [-0.25, -0.2) is 0 Å². The number of ether oxygens (including phenoxy) is 2. The molecule has 2 aliphatic heterocycles.